The molecule has 0 unspecified atom stereocenters. The fraction of sp³-hybridized carbons (Fsp3) is 0.833. The van der Waals surface area contributed by atoms with Crippen molar-refractivity contribution in [2.24, 2.45) is 0 Å². The van der Waals surface area contributed by atoms with E-state index in [0.29, 0.717) is 6.42 Å². The number of ether oxygens (including phenoxy) is 2. The Hall–Kier alpha value is -0.950. The molecule has 21 heavy (non-hydrogen) atoms. The summed E-state index contributed by atoms with van der Waals surface area (Å²) < 4.78 is 24.7. The monoisotopic (exact) mass is 326 g/mol. The zero-order valence-electron chi connectivity index (χ0n) is 12.3. The Kier molecular flexibility index (Phi) is 10.2. The second-order valence-corrected chi connectivity index (χ2v) is 5.63. The summed E-state index contributed by atoms with van der Waals surface area (Å²) in [4.78, 5) is 39.9. The first-order valence-electron chi connectivity index (χ1n) is 6.83. The first-order valence-corrected chi connectivity index (χ1v) is 8.36. The van der Waals surface area contributed by atoms with Gasteiger partial charge in [-0.3, -0.25) is 14.1 Å². The van der Waals surface area contributed by atoms with Crippen LogP contribution in [0.25, 0.3) is 0 Å². The van der Waals surface area contributed by atoms with Gasteiger partial charge >= 0.3 is 19.8 Å². The molecule has 0 aromatic carbocycles. The maximum absolute atomic E-state index is 11.4. The molecule has 0 aromatic heterocycles. The van der Waals surface area contributed by atoms with Crippen LogP contribution in [0, 0.1) is 0 Å². The summed E-state index contributed by atoms with van der Waals surface area (Å²) in [5, 5.41) is 0. The molecule has 0 bridgehead atoms. The highest BCUT2D eigenvalue weighted by molar-refractivity contribution is 7.46. The number of esters is 2. The van der Waals surface area contributed by atoms with Crippen LogP contribution in [-0.2, 0) is 28.2 Å². The fourth-order valence-electron chi connectivity index (χ4n) is 1.34. The van der Waals surface area contributed by atoms with E-state index in [9.17, 15) is 14.2 Å². The number of phosphoric acid groups is 1. The number of carbonyl (C=O) groups is 2. The average Bonchev–Trinajstić information content (AvgIpc) is 2.41. The van der Waals surface area contributed by atoms with Gasteiger partial charge in [-0.05, 0) is 6.42 Å². The van der Waals surface area contributed by atoms with Gasteiger partial charge in [0, 0.05) is 12.8 Å². The van der Waals surface area contributed by atoms with Gasteiger partial charge in [0.05, 0.1) is 6.61 Å². The minimum atomic E-state index is -4.67. The number of unbranched alkanes of at least 4 members (excludes halogenated alkanes) is 2. The summed E-state index contributed by atoms with van der Waals surface area (Å²) in [6, 6.07) is 0. The van der Waals surface area contributed by atoms with Crippen LogP contribution in [-0.4, -0.2) is 41.0 Å². The Labute approximate surface area is 124 Å². The van der Waals surface area contributed by atoms with Gasteiger partial charge < -0.3 is 19.3 Å². The van der Waals surface area contributed by atoms with Gasteiger partial charge in [0.2, 0.25) is 0 Å². The summed E-state index contributed by atoms with van der Waals surface area (Å²) in [6.45, 7) is 2.74. The lowest BCUT2D eigenvalue weighted by Gasteiger charge is -2.18. The third-order valence-electron chi connectivity index (χ3n) is 2.43. The number of hydrogen-bond acceptors (Lipinski definition) is 6. The molecule has 0 radical (unpaired) electrons. The van der Waals surface area contributed by atoms with E-state index >= 15 is 0 Å². The van der Waals surface area contributed by atoms with Crippen molar-refractivity contribution in [2.75, 3.05) is 13.2 Å². The first-order chi connectivity index (χ1) is 9.78. The van der Waals surface area contributed by atoms with Crippen LogP contribution < -0.4 is 0 Å². The second kappa shape index (κ2) is 10.7. The van der Waals surface area contributed by atoms with E-state index in [-0.39, 0.29) is 19.4 Å². The quantitative estimate of drug-likeness (QED) is 0.333. The van der Waals surface area contributed by atoms with Gasteiger partial charge in [0.25, 0.3) is 0 Å². The van der Waals surface area contributed by atoms with Crippen molar-refractivity contribution in [1.82, 2.24) is 0 Å². The zero-order valence-corrected chi connectivity index (χ0v) is 13.2. The Morgan fingerprint density at radius 3 is 2.29 bits per heavy atom. The fourth-order valence-corrected chi connectivity index (χ4v) is 1.70. The molecule has 1 atom stereocenters. The van der Waals surface area contributed by atoms with Crippen molar-refractivity contribution in [3.63, 3.8) is 0 Å². The molecular formula is C12H23O8P. The van der Waals surface area contributed by atoms with E-state index in [1.165, 1.54) is 0 Å². The van der Waals surface area contributed by atoms with Gasteiger partial charge in [0.1, 0.15) is 6.61 Å². The molecular weight excluding hydrogens is 303 g/mol. The van der Waals surface area contributed by atoms with Crippen LogP contribution in [0.4, 0.5) is 0 Å². The highest BCUT2D eigenvalue weighted by atomic mass is 31.2. The van der Waals surface area contributed by atoms with Gasteiger partial charge in [-0.25, -0.2) is 4.57 Å². The van der Waals surface area contributed by atoms with Crippen LogP contribution in [0.1, 0.15) is 46.0 Å². The summed E-state index contributed by atoms with van der Waals surface area (Å²) in [5.74, 6) is -1.02. The molecule has 9 heteroatoms. The third kappa shape index (κ3) is 12.5. The SMILES string of the molecule is CCCCCC(=O)OC[C@H](COP(=O)(O)O)OC(=O)CC. The van der Waals surface area contributed by atoms with Gasteiger partial charge in [-0.15, -0.1) is 0 Å². The molecule has 0 aromatic rings. The molecule has 0 heterocycles. The number of rotatable bonds is 11. The highest BCUT2D eigenvalue weighted by Crippen LogP contribution is 2.35. The Balaban J connectivity index is 4.23. The van der Waals surface area contributed by atoms with Crippen molar-refractivity contribution in [2.45, 2.75) is 52.1 Å². The number of phosphoric ester groups is 1. The van der Waals surface area contributed by atoms with Crippen molar-refractivity contribution in [1.29, 1.82) is 0 Å². The molecule has 0 spiro atoms. The molecule has 0 saturated carbocycles. The standard InChI is InChI=1S/C12H23O8P/c1-3-5-6-7-12(14)18-8-10(20-11(13)4-2)9-19-21(15,16)17/h10H,3-9H2,1-2H3,(H2,15,16,17)/t10-/m1/s1. The van der Waals surface area contributed by atoms with E-state index in [4.69, 9.17) is 19.3 Å². The Morgan fingerprint density at radius 1 is 1.10 bits per heavy atom. The maximum atomic E-state index is 11.4. The van der Waals surface area contributed by atoms with Crippen LogP contribution >= 0.6 is 7.82 Å². The second-order valence-electron chi connectivity index (χ2n) is 4.39. The lowest BCUT2D eigenvalue weighted by molar-refractivity contribution is -0.160. The topological polar surface area (TPSA) is 119 Å². The van der Waals surface area contributed by atoms with E-state index in [0.717, 1.165) is 12.8 Å². The predicted molar refractivity (Wildman–Crippen MR) is 73.3 cm³/mol. The molecule has 8 nitrogen and oxygen atoms in total. The summed E-state index contributed by atoms with van der Waals surface area (Å²) in [5.41, 5.74) is 0. The lowest BCUT2D eigenvalue weighted by Crippen LogP contribution is -2.29. The van der Waals surface area contributed by atoms with Gasteiger partial charge in [-0.2, -0.15) is 0 Å². The molecule has 0 fully saturated rings. The van der Waals surface area contributed by atoms with Crippen molar-refractivity contribution >= 4 is 19.8 Å². The molecule has 0 aliphatic rings. The molecule has 124 valence electrons. The predicted octanol–water partition coefficient (Wildman–Crippen LogP) is 1.54. The largest absolute Gasteiger partial charge is 0.469 e. The molecule has 0 aliphatic heterocycles. The zero-order chi connectivity index (χ0) is 16.3. The van der Waals surface area contributed by atoms with Crippen molar-refractivity contribution in [3.05, 3.63) is 0 Å². The Bertz CT molecular complexity index is 364. The molecule has 0 rings (SSSR count). The van der Waals surface area contributed by atoms with Crippen LogP contribution in [0.2, 0.25) is 0 Å². The number of hydrogen-bond donors (Lipinski definition) is 2. The highest BCUT2D eigenvalue weighted by Gasteiger charge is 2.22. The molecule has 2 N–H and O–H groups in total. The molecule has 0 amide bonds. The van der Waals surface area contributed by atoms with E-state index in [1.54, 1.807) is 6.92 Å². The third-order valence-corrected chi connectivity index (χ3v) is 2.92. The summed E-state index contributed by atoms with van der Waals surface area (Å²) in [7, 11) is -4.67. The van der Waals surface area contributed by atoms with Crippen LogP contribution in [0.3, 0.4) is 0 Å². The maximum Gasteiger partial charge on any atom is 0.469 e. The minimum Gasteiger partial charge on any atom is -0.462 e. The lowest BCUT2D eigenvalue weighted by atomic mass is 10.2. The minimum absolute atomic E-state index is 0.0941. The normalized spacial score (nSPS) is 12.8. The number of carbonyl (C=O) groups excluding carboxylic acids is 2. The Morgan fingerprint density at radius 2 is 1.76 bits per heavy atom. The van der Waals surface area contributed by atoms with E-state index < -0.39 is 32.5 Å². The van der Waals surface area contributed by atoms with E-state index in [2.05, 4.69) is 4.52 Å². The average molecular weight is 326 g/mol. The summed E-state index contributed by atoms with van der Waals surface area (Å²) in [6.07, 6.45) is 1.89. The smallest absolute Gasteiger partial charge is 0.462 e. The van der Waals surface area contributed by atoms with E-state index in [1.807, 2.05) is 6.92 Å². The van der Waals surface area contributed by atoms with Crippen LogP contribution in [0.5, 0.6) is 0 Å². The van der Waals surface area contributed by atoms with Gasteiger partial charge in [-0.1, -0.05) is 26.7 Å². The van der Waals surface area contributed by atoms with Crippen LogP contribution in [0.15, 0.2) is 0 Å². The van der Waals surface area contributed by atoms with Gasteiger partial charge in [0.15, 0.2) is 6.10 Å². The summed E-state index contributed by atoms with van der Waals surface area (Å²) >= 11 is 0. The molecule has 0 saturated heterocycles. The first kappa shape index (κ1) is 20.1. The van der Waals surface area contributed by atoms with Crippen molar-refractivity contribution < 1.29 is 37.9 Å². The molecule has 0 aliphatic carbocycles. The van der Waals surface area contributed by atoms with Crippen molar-refractivity contribution in [3.8, 4) is 0 Å².